The van der Waals surface area contributed by atoms with Crippen LogP contribution in [0.1, 0.15) is 20.3 Å². The van der Waals surface area contributed by atoms with Crippen LogP contribution >= 0.6 is 0 Å². The molecule has 14 heavy (non-hydrogen) atoms. The van der Waals surface area contributed by atoms with Gasteiger partial charge in [-0.3, -0.25) is 0 Å². The highest BCUT2D eigenvalue weighted by molar-refractivity contribution is 7.91. The molecule has 0 spiro atoms. The van der Waals surface area contributed by atoms with Crippen LogP contribution in [0.3, 0.4) is 0 Å². The highest BCUT2D eigenvalue weighted by atomic mass is 32.2. The molecular formula is C9H17NO3S. The molecule has 0 radical (unpaired) electrons. The molecule has 0 aliphatic carbocycles. The van der Waals surface area contributed by atoms with Crippen molar-refractivity contribution < 1.29 is 13.2 Å². The van der Waals surface area contributed by atoms with Crippen LogP contribution in [0.25, 0.3) is 0 Å². The van der Waals surface area contributed by atoms with E-state index in [1.54, 1.807) is 0 Å². The van der Waals surface area contributed by atoms with E-state index >= 15 is 0 Å². The quantitative estimate of drug-likeness (QED) is 0.675. The van der Waals surface area contributed by atoms with Gasteiger partial charge in [0.15, 0.2) is 9.84 Å². The zero-order valence-electron chi connectivity index (χ0n) is 8.56. The minimum atomic E-state index is -2.85. The first kappa shape index (κ1) is 11.7. The number of aldehydes is 1. The van der Waals surface area contributed by atoms with Gasteiger partial charge in [-0.25, -0.2) is 8.42 Å². The van der Waals surface area contributed by atoms with E-state index in [2.05, 4.69) is 5.32 Å². The topological polar surface area (TPSA) is 63.2 Å². The number of hydrogen-bond donors (Lipinski definition) is 1. The SMILES string of the molecule is CC(C)[C@H](C=O)N[C@@H]1CCS(=O)(=O)C1. The summed E-state index contributed by atoms with van der Waals surface area (Å²) in [6.07, 6.45) is 1.48. The van der Waals surface area contributed by atoms with E-state index in [0.29, 0.717) is 6.42 Å². The molecule has 1 fully saturated rings. The molecule has 0 unspecified atom stereocenters. The van der Waals surface area contributed by atoms with E-state index in [4.69, 9.17) is 0 Å². The molecule has 4 nitrogen and oxygen atoms in total. The fourth-order valence-electron chi connectivity index (χ4n) is 1.59. The van der Waals surface area contributed by atoms with Crippen LogP contribution in [0.4, 0.5) is 0 Å². The van der Waals surface area contributed by atoms with Crippen LogP contribution in [0.5, 0.6) is 0 Å². The van der Waals surface area contributed by atoms with Gasteiger partial charge in [-0.1, -0.05) is 13.8 Å². The lowest BCUT2D eigenvalue weighted by atomic mass is 10.0. The Labute approximate surface area is 85.0 Å². The fraction of sp³-hybridized carbons (Fsp3) is 0.889. The van der Waals surface area contributed by atoms with Crippen LogP contribution in [0, 0.1) is 5.92 Å². The van der Waals surface area contributed by atoms with Crippen molar-refractivity contribution in [1.82, 2.24) is 5.32 Å². The molecule has 0 aromatic carbocycles. The predicted octanol–water partition coefficient (Wildman–Crippen LogP) is -0.0134. The van der Waals surface area contributed by atoms with E-state index in [1.807, 2.05) is 13.8 Å². The third kappa shape index (κ3) is 3.06. The maximum absolute atomic E-state index is 11.2. The minimum Gasteiger partial charge on any atom is -0.304 e. The number of rotatable bonds is 4. The summed E-state index contributed by atoms with van der Waals surface area (Å²) >= 11 is 0. The zero-order chi connectivity index (χ0) is 10.8. The Balaban J connectivity index is 2.50. The van der Waals surface area contributed by atoms with Crippen molar-refractivity contribution >= 4 is 16.1 Å². The molecule has 2 atom stereocenters. The second-order valence-corrected chi connectivity index (χ2v) is 6.40. The summed E-state index contributed by atoms with van der Waals surface area (Å²) in [4.78, 5) is 10.7. The van der Waals surface area contributed by atoms with Gasteiger partial charge in [0, 0.05) is 6.04 Å². The number of nitrogens with one attached hydrogen (secondary N) is 1. The molecule has 1 heterocycles. The molecule has 5 heteroatoms. The minimum absolute atomic E-state index is 0.0439. The summed E-state index contributed by atoms with van der Waals surface area (Å²) in [5.74, 6) is 0.620. The average Bonchev–Trinajstić information content (AvgIpc) is 2.41. The van der Waals surface area contributed by atoms with Crippen molar-refractivity contribution in [3.8, 4) is 0 Å². The largest absolute Gasteiger partial charge is 0.304 e. The molecule has 1 N–H and O–H groups in total. The van der Waals surface area contributed by atoms with Gasteiger partial charge in [0.1, 0.15) is 6.29 Å². The van der Waals surface area contributed by atoms with Gasteiger partial charge >= 0.3 is 0 Å². The van der Waals surface area contributed by atoms with Crippen molar-refractivity contribution in [3.63, 3.8) is 0 Å². The molecule has 1 saturated heterocycles. The molecule has 0 bridgehead atoms. The monoisotopic (exact) mass is 219 g/mol. The predicted molar refractivity (Wildman–Crippen MR) is 54.9 cm³/mol. The lowest BCUT2D eigenvalue weighted by Gasteiger charge is -2.20. The standard InChI is InChI=1S/C9H17NO3S/c1-7(2)9(5-11)10-8-3-4-14(12,13)6-8/h5,7-10H,3-4,6H2,1-2H3/t8-,9+/m1/s1. The van der Waals surface area contributed by atoms with E-state index in [9.17, 15) is 13.2 Å². The Kier molecular flexibility index (Phi) is 3.66. The summed E-state index contributed by atoms with van der Waals surface area (Å²) in [5.41, 5.74) is 0. The van der Waals surface area contributed by atoms with E-state index in [1.165, 1.54) is 0 Å². The lowest BCUT2D eigenvalue weighted by Crippen LogP contribution is -2.43. The van der Waals surface area contributed by atoms with Crippen molar-refractivity contribution in [2.24, 2.45) is 5.92 Å². The molecule has 0 amide bonds. The second-order valence-electron chi connectivity index (χ2n) is 4.17. The van der Waals surface area contributed by atoms with Gasteiger partial charge in [0.25, 0.3) is 0 Å². The first-order valence-corrected chi connectivity index (χ1v) is 6.68. The Bertz CT molecular complexity index is 297. The highest BCUT2D eigenvalue weighted by Crippen LogP contribution is 2.13. The van der Waals surface area contributed by atoms with Gasteiger partial charge < -0.3 is 10.1 Å². The lowest BCUT2D eigenvalue weighted by molar-refractivity contribution is -0.110. The first-order valence-electron chi connectivity index (χ1n) is 4.86. The van der Waals surface area contributed by atoms with E-state index in [0.717, 1.165) is 6.29 Å². The number of carbonyl (C=O) groups excluding carboxylic acids is 1. The molecule has 1 aliphatic rings. The molecule has 0 aromatic rings. The van der Waals surface area contributed by atoms with Gasteiger partial charge in [-0.05, 0) is 12.3 Å². The molecule has 0 aromatic heterocycles. The van der Waals surface area contributed by atoms with Crippen molar-refractivity contribution in [3.05, 3.63) is 0 Å². The summed E-state index contributed by atoms with van der Waals surface area (Å²) in [6, 6.07) is -0.272. The van der Waals surface area contributed by atoms with Crippen molar-refractivity contribution in [2.75, 3.05) is 11.5 Å². The molecule has 0 saturated carbocycles. The Hall–Kier alpha value is -0.420. The van der Waals surface area contributed by atoms with Gasteiger partial charge in [-0.15, -0.1) is 0 Å². The molecule has 1 aliphatic heterocycles. The number of carbonyl (C=O) groups is 1. The van der Waals surface area contributed by atoms with Crippen molar-refractivity contribution in [2.45, 2.75) is 32.4 Å². The molecule has 1 rings (SSSR count). The highest BCUT2D eigenvalue weighted by Gasteiger charge is 2.29. The van der Waals surface area contributed by atoms with Crippen LogP contribution in [0.2, 0.25) is 0 Å². The van der Waals surface area contributed by atoms with E-state index < -0.39 is 9.84 Å². The van der Waals surface area contributed by atoms with Gasteiger partial charge in [0.05, 0.1) is 17.5 Å². The number of sulfone groups is 1. The first-order chi connectivity index (χ1) is 6.44. The van der Waals surface area contributed by atoms with Gasteiger partial charge in [0.2, 0.25) is 0 Å². The summed E-state index contributed by atoms with van der Waals surface area (Å²) in [7, 11) is -2.85. The Morgan fingerprint density at radius 2 is 2.07 bits per heavy atom. The van der Waals surface area contributed by atoms with E-state index in [-0.39, 0.29) is 29.5 Å². The maximum atomic E-state index is 11.2. The third-order valence-corrected chi connectivity index (χ3v) is 4.29. The second kappa shape index (κ2) is 4.40. The van der Waals surface area contributed by atoms with Crippen LogP contribution < -0.4 is 5.32 Å². The summed E-state index contributed by atoms with van der Waals surface area (Å²) < 4.78 is 22.3. The van der Waals surface area contributed by atoms with Crippen LogP contribution in [-0.2, 0) is 14.6 Å². The van der Waals surface area contributed by atoms with Crippen LogP contribution in [-0.4, -0.2) is 38.3 Å². The Morgan fingerprint density at radius 1 is 1.43 bits per heavy atom. The van der Waals surface area contributed by atoms with Crippen LogP contribution in [0.15, 0.2) is 0 Å². The number of hydrogen-bond acceptors (Lipinski definition) is 4. The zero-order valence-corrected chi connectivity index (χ0v) is 9.38. The third-order valence-electron chi connectivity index (χ3n) is 2.53. The average molecular weight is 219 g/mol. The normalized spacial score (nSPS) is 27.8. The smallest absolute Gasteiger partial charge is 0.151 e. The maximum Gasteiger partial charge on any atom is 0.151 e. The van der Waals surface area contributed by atoms with Crippen molar-refractivity contribution in [1.29, 1.82) is 0 Å². The van der Waals surface area contributed by atoms with Gasteiger partial charge in [-0.2, -0.15) is 0 Å². The fourth-order valence-corrected chi connectivity index (χ4v) is 3.27. The summed E-state index contributed by atoms with van der Waals surface area (Å²) in [6.45, 7) is 3.88. The Morgan fingerprint density at radius 3 is 2.43 bits per heavy atom. The summed E-state index contributed by atoms with van der Waals surface area (Å²) in [5, 5.41) is 3.07. The molecule has 82 valence electrons. The molecular weight excluding hydrogens is 202 g/mol.